The Kier molecular flexibility index (Phi) is 5.08. The van der Waals surface area contributed by atoms with Gasteiger partial charge in [0.2, 0.25) is 5.91 Å². The molecule has 0 aliphatic carbocycles. The van der Waals surface area contributed by atoms with E-state index in [0.29, 0.717) is 25.3 Å². The fourth-order valence-electron chi connectivity index (χ4n) is 3.88. The molecular weight excluding hydrogens is 340 g/mol. The van der Waals surface area contributed by atoms with Crippen molar-refractivity contribution in [3.63, 3.8) is 0 Å². The molecule has 0 saturated carbocycles. The van der Waals surface area contributed by atoms with E-state index < -0.39 is 0 Å². The number of amides is 1. The molecule has 4 heterocycles. The first-order chi connectivity index (χ1) is 13.2. The monoisotopic (exact) mass is 366 g/mol. The maximum absolute atomic E-state index is 12.5. The van der Waals surface area contributed by atoms with E-state index in [4.69, 9.17) is 6.42 Å². The highest BCUT2D eigenvalue weighted by molar-refractivity contribution is 5.76. The first-order valence-corrected chi connectivity index (χ1v) is 9.74. The van der Waals surface area contributed by atoms with Gasteiger partial charge in [-0.3, -0.25) is 9.69 Å². The van der Waals surface area contributed by atoms with E-state index in [1.54, 1.807) is 0 Å². The third kappa shape index (κ3) is 4.11. The van der Waals surface area contributed by atoms with Crippen LogP contribution in [0.1, 0.15) is 25.7 Å². The average Bonchev–Trinajstić information content (AvgIpc) is 3.45. The number of anilines is 1. The fraction of sp³-hybridized carbons (Fsp3) is 0.600. The summed E-state index contributed by atoms with van der Waals surface area (Å²) in [4.78, 5) is 23.7. The van der Waals surface area contributed by atoms with E-state index >= 15 is 0 Å². The number of carbonyl (C=O) groups is 1. The summed E-state index contributed by atoms with van der Waals surface area (Å²) in [6.07, 6.45) is 9.78. The van der Waals surface area contributed by atoms with Gasteiger partial charge in [-0.2, -0.15) is 10.2 Å². The molecule has 0 atom stereocenters. The number of nitrogens with zero attached hydrogens (tertiary/aromatic N) is 6. The highest BCUT2D eigenvalue weighted by Crippen LogP contribution is 2.37. The Morgan fingerprint density at radius 2 is 1.96 bits per heavy atom. The summed E-state index contributed by atoms with van der Waals surface area (Å²) in [5, 5.41) is 8.23. The van der Waals surface area contributed by atoms with Crippen molar-refractivity contribution in [2.75, 3.05) is 44.2 Å². The van der Waals surface area contributed by atoms with E-state index in [2.05, 4.69) is 37.0 Å². The molecule has 1 amide bonds. The van der Waals surface area contributed by atoms with E-state index in [1.807, 2.05) is 23.2 Å². The van der Waals surface area contributed by atoms with Gasteiger partial charge >= 0.3 is 0 Å². The first-order valence-electron chi connectivity index (χ1n) is 9.74. The number of rotatable bonds is 7. The van der Waals surface area contributed by atoms with Crippen molar-refractivity contribution < 1.29 is 4.79 Å². The SMILES string of the molecule is C#CCCC1(CCC(=O)N2CCN(C3CN(c4ccccn4)C3)CC2)N=N1. The molecule has 2 saturated heterocycles. The van der Waals surface area contributed by atoms with Crippen molar-refractivity contribution in [2.24, 2.45) is 10.2 Å². The van der Waals surface area contributed by atoms with E-state index in [-0.39, 0.29) is 11.6 Å². The van der Waals surface area contributed by atoms with Crippen molar-refractivity contribution in [2.45, 2.75) is 37.4 Å². The molecular formula is C20H26N6O. The minimum Gasteiger partial charge on any atom is -0.353 e. The van der Waals surface area contributed by atoms with Crippen molar-refractivity contribution in [1.82, 2.24) is 14.8 Å². The van der Waals surface area contributed by atoms with E-state index in [9.17, 15) is 4.79 Å². The highest BCUT2D eigenvalue weighted by Gasteiger charge is 2.40. The molecule has 27 heavy (non-hydrogen) atoms. The second kappa shape index (κ2) is 7.65. The van der Waals surface area contributed by atoms with E-state index in [0.717, 1.165) is 51.5 Å². The van der Waals surface area contributed by atoms with Crippen LogP contribution >= 0.6 is 0 Å². The predicted octanol–water partition coefficient (Wildman–Crippen LogP) is 1.77. The largest absolute Gasteiger partial charge is 0.353 e. The number of pyridine rings is 1. The van der Waals surface area contributed by atoms with Crippen LogP contribution in [0.15, 0.2) is 34.6 Å². The number of piperazine rings is 1. The number of hydrogen-bond acceptors (Lipinski definition) is 6. The van der Waals surface area contributed by atoms with Crippen molar-refractivity contribution >= 4 is 11.7 Å². The van der Waals surface area contributed by atoms with Gasteiger partial charge in [0.1, 0.15) is 5.82 Å². The zero-order chi connectivity index (χ0) is 18.7. The normalized spacial score (nSPS) is 21.6. The van der Waals surface area contributed by atoms with Crippen LogP contribution in [-0.2, 0) is 4.79 Å². The number of hydrogen-bond donors (Lipinski definition) is 0. The number of aromatic nitrogens is 1. The second-order valence-corrected chi connectivity index (χ2v) is 7.55. The predicted molar refractivity (Wildman–Crippen MR) is 103 cm³/mol. The second-order valence-electron chi connectivity index (χ2n) is 7.55. The molecule has 0 aromatic carbocycles. The third-order valence-corrected chi connectivity index (χ3v) is 5.81. The summed E-state index contributed by atoms with van der Waals surface area (Å²) in [7, 11) is 0. The van der Waals surface area contributed by atoms with Crippen molar-refractivity contribution in [1.29, 1.82) is 0 Å². The summed E-state index contributed by atoms with van der Waals surface area (Å²) in [5.41, 5.74) is -0.356. The van der Waals surface area contributed by atoms with Gasteiger partial charge in [0.25, 0.3) is 0 Å². The average molecular weight is 366 g/mol. The molecule has 0 radical (unpaired) electrons. The number of terminal acetylenes is 1. The summed E-state index contributed by atoms with van der Waals surface area (Å²) in [6.45, 7) is 5.55. The van der Waals surface area contributed by atoms with Gasteiger partial charge in [0.15, 0.2) is 5.66 Å². The number of carbonyl (C=O) groups excluding carboxylic acids is 1. The Hall–Kier alpha value is -2.46. The molecule has 0 bridgehead atoms. The molecule has 2 fully saturated rings. The Balaban J connectivity index is 1.16. The van der Waals surface area contributed by atoms with E-state index in [1.165, 1.54) is 0 Å². The van der Waals surface area contributed by atoms with Crippen LogP contribution in [0.3, 0.4) is 0 Å². The van der Waals surface area contributed by atoms with Crippen LogP contribution in [-0.4, -0.2) is 71.7 Å². The molecule has 3 aliphatic heterocycles. The third-order valence-electron chi connectivity index (χ3n) is 5.81. The topological polar surface area (TPSA) is 64.4 Å². The maximum Gasteiger partial charge on any atom is 0.222 e. The van der Waals surface area contributed by atoms with Crippen LogP contribution in [0, 0.1) is 12.3 Å². The van der Waals surface area contributed by atoms with Crippen molar-refractivity contribution in [3.8, 4) is 12.3 Å². The first kappa shape index (κ1) is 17.9. The smallest absolute Gasteiger partial charge is 0.222 e. The molecule has 142 valence electrons. The van der Waals surface area contributed by atoms with Crippen LogP contribution in [0.2, 0.25) is 0 Å². The molecule has 0 N–H and O–H groups in total. The Bertz CT molecular complexity index is 723. The van der Waals surface area contributed by atoms with Gasteiger partial charge in [-0.1, -0.05) is 6.07 Å². The minimum absolute atomic E-state index is 0.218. The molecule has 7 heteroatoms. The Labute approximate surface area is 160 Å². The summed E-state index contributed by atoms with van der Waals surface area (Å²) in [5.74, 6) is 3.90. The van der Waals surface area contributed by atoms with Gasteiger partial charge in [0.05, 0.1) is 0 Å². The summed E-state index contributed by atoms with van der Waals surface area (Å²) in [6, 6.07) is 6.60. The molecule has 0 spiro atoms. The fourth-order valence-corrected chi connectivity index (χ4v) is 3.88. The van der Waals surface area contributed by atoms with Crippen LogP contribution < -0.4 is 4.90 Å². The Morgan fingerprint density at radius 3 is 2.59 bits per heavy atom. The van der Waals surface area contributed by atoms with Gasteiger partial charge in [-0.05, 0) is 12.1 Å². The lowest BCUT2D eigenvalue weighted by Gasteiger charge is -2.48. The zero-order valence-corrected chi connectivity index (χ0v) is 15.6. The Morgan fingerprint density at radius 1 is 1.19 bits per heavy atom. The molecule has 1 aromatic heterocycles. The molecule has 1 aromatic rings. The van der Waals surface area contributed by atoms with Crippen molar-refractivity contribution in [3.05, 3.63) is 24.4 Å². The lowest BCUT2D eigenvalue weighted by Crippen LogP contribution is -2.63. The van der Waals surface area contributed by atoms with Gasteiger partial charge < -0.3 is 9.80 Å². The lowest BCUT2D eigenvalue weighted by molar-refractivity contribution is -0.133. The zero-order valence-electron chi connectivity index (χ0n) is 15.6. The molecule has 0 unspecified atom stereocenters. The van der Waals surface area contributed by atoms with Crippen LogP contribution in [0.4, 0.5) is 5.82 Å². The molecule has 7 nitrogen and oxygen atoms in total. The van der Waals surface area contributed by atoms with Gasteiger partial charge in [0, 0.05) is 77.2 Å². The molecule has 3 aliphatic rings. The quantitative estimate of drug-likeness (QED) is 0.690. The van der Waals surface area contributed by atoms with Gasteiger partial charge in [-0.25, -0.2) is 4.98 Å². The lowest BCUT2D eigenvalue weighted by atomic mass is 10.0. The summed E-state index contributed by atoms with van der Waals surface area (Å²) >= 11 is 0. The van der Waals surface area contributed by atoms with Crippen LogP contribution in [0.25, 0.3) is 0 Å². The van der Waals surface area contributed by atoms with Crippen LogP contribution in [0.5, 0.6) is 0 Å². The molecule has 4 rings (SSSR count). The standard InChI is InChI=1S/C20H26N6O/c1-2-3-8-20(22-23-20)9-7-19(27)25-13-11-24(12-14-25)17-15-26(16-17)18-6-4-5-10-21-18/h1,4-6,10,17H,3,7-9,11-16H2. The minimum atomic E-state index is -0.356. The van der Waals surface area contributed by atoms with Gasteiger partial charge in [-0.15, -0.1) is 12.3 Å². The summed E-state index contributed by atoms with van der Waals surface area (Å²) < 4.78 is 0. The maximum atomic E-state index is 12.5. The highest BCUT2D eigenvalue weighted by atomic mass is 16.2.